The van der Waals surface area contributed by atoms with Crippen molar-refractivity contribution in [2.45, 2.75) is 25.7 Å². The van der Waals surface area contributed by atoms with Crippen molar-refractivity contribution in [2.24, 2.45) is 0 Å². The number of ether oxygens (including phenoxy) is 1. The second kappa shape index (κ2) is 9.60. The lowest BCUT2D eigenvalue weighted by Crippen LogP contribution is -2.21. The second-order valence-electron chi connectivity index (χ2n) is 5.97. The fraction of sp³-hybridized carbons (Fsp3) is 0.190. The van der Waals surface area contributed by atoms with E-state index in [0.717, 1.165) is 38.9 Å². The number of benzene rings is 2. The number of carbonyl (C=O) groups excluding carboxylic acids is 2. The summed E-state index contributed by atoms with van der Waals surface area (Å²) < 4.78 is 4.99. The van der Waals surface area contributed by atoms with Crippen LogP contribution in [0.15, 0.2) is 47.4 Å². The van der Waals surface area contributed by atoms with Gasteiger partial charge in [0.25, 0.3) is 5.91 Å². The summed E-state index contributed by atoms with van der Waals surface area (Å²) in [7, 11) is 0. The molecule has 1 amide bonds. The third kappa shape index (κ3) is 6.01. The van der Waals surface area contributed by atoms with Gasteiger partial charge in [0.05, 0.1) is 0 Å². The Hall–Kier alpha value is -3.04. The summed E-state index contributed by atoms with van der Waals surface area (Å²) in [6.07, 6.45) is 2.97. The fourth-order valence-electron chi connectivity index (χ4n) is 2.52. The second-order valence-corrected chi connectivity index (χ2v) is 6.83. The van der Waals surface area contributed by atoms with Crippen LogP contribution in [0.3, 0.4) is 0 Å². The number of rotatable bonds is 6. The van der Waals surface area contributed by atoms with Gasteiger partial charge in [-0.25, -0.2) is 4.79 Å². The number of anilines is 1. The van der Waals surface area contributed by atoms with Gasteiger partial charge in [-0.3, -0.25) is 4.79 Å². The molecule has 27 heavy (non-hydrogen) atoms. The summed E-state index contributed by atoms with van der Waals surface area (Å²) in [6, 6.07) is 11.3. The van der Waals surface area contributed by atoms with Crippen LogP contribution in [0.4, 0.5) is 5.69 Å². The Kier molecular flexibility index (Phi) is 7.21. The predicted molar refractivity (Wildman–Crippen MR) is 107 cm³/mol. The van der Waals surface area contributed by atoms with Crippen LogP contribution in [-0.4, -0.2) is 18.5 Å². The van der Waals surface area contributed by atoms with E-state index in [4.69, 9.17) is 10.00 Å². The number of thioether (sulfide) groups is 1. The smallest absolute Gasteiger partial charge is 0.331 e. The molecule has 5 nitrogen and oxygen atoms in total. The molecule has 0 atom stereocenters. The van der Waals surface area contributed by atoms with Crippen LogP contribution in [-0.2, 0) is 14.3 Å². The van der Waals surface area contributed by atoms with E-state index in [-0.39, 0.29) is 6.61 Å². The summed E-state index contributed by atoms with van der Waals surface area (Å²) >= 11 is 1.07. The summed E-state index contributed by atoms with van der Waals surface area (Å²) in [6.45, 7) is 5.27. The van der Waals surface area contributed by atoms with E-state index in [2.05, 4.69) is 5.32 Å². The SMILES string of the molecule is Cc1ccccc1/C=C/C(=O)OCC(=O)Nc1c(C)cc(SC#N)cc1C. The number of nitrogens with one attached hydrogen (secondary N) is 1. The number of amides is 1. The van der Waals surface area contributed by atoms with Crippen molar-refractivity contribution < 1.29 is 14.3 Å². The molecule has 0 aliphatic rings. The van der Waals surface area contributed by atoms with Crippen molar-refractivity contribution in [2.75, 3.05) is 11.9 Å². The Labute approximate surface area is 163 Å². The van der Waals surface area contributed by atoms with Gasteiger partial charge in [-0.1, -0.05) is 24.3 Å². The number of nitriles is 1. The maximum Gasteiger partial charge on any atom is 0.331 e. The predicted octanol–water partition coefficient (Wildman–Crippen LogP) is 4.38. The van der Waals surface area contributed by atoms with Gasteiger partial charge < -0.3 is 10.1 Å². The molecule has 0 spiro atoms. The minimum absolute atomic E-state index is 0.371. The monoisotopic (exact) mass is 380 g/mol. The van der Waals surface area contributed by atoms with E-state index in [1.165, 1.54) is 6.08 Å². The fourth-order valence-corrected chi connectivity index (χ4v) is 3.10. The number of nitrogens with zero attached hydrogens (tertiary/aromatic N) is 1. The first-order chi connectivity index (χ1) is 12.9. The molecule has 2 rings (SSSR count). The van der Waals surface area contributed by atoms with Gasteiger partial charge in [-0.05, 0) is 73.0 Å². The van der Waals surface area contributed by atoms with Gasteiger partial charge in [0.15, 0.2) is 6.61 Å². The topological polar surface area (TPSA) is 79.2 Å². The van der Waals surface area contributed by atoms with Gasteiger partial charge in [-0.2, -0.15) is 5.26 Å². The van der Waals surface area contributed by atoms with E-state index in [1.54, 1.807) is 6.08 Å². The Bertz CT molecular complexity index is 906. The van der Waals surface area contributed by atoms with Crippen molar-refractivity contribution >= 4 is 35.4 Å². The summed E-state index contributed by atoms with van der Waals surface area (Å²) in [5.41, 5.74) is 4.30. The number of hydrogen-bond acceptors (Lipinski definition) is 5. The number of carbonyl (C=O) groups is 2. The van der Waals surface area contributed by atoms with Gasteiger partial charge in [0.2, 0.25) is 0 Å². The minimum Gasteiger partial charge on any atom is -0.452 e. The number of hydrogen-bond donors (Lipinski definition) is 1. The van der Waals surface area contributed by atoms with Crippen LogP contribution in [0.2, 0.25) is 0 Å². The third-order valence-electron chi connectivity index (χ3n) is 3.87. The molecule has 0 radical (unpaired) electrons. The Morgan fingerprint density at radius 3 is 2.44 bits per heavy atom. The van der Waals surface area contributed by atoms with E-state index in [1.807, 2.05) is 62.6 Å². The maximum atomic E-state index is 12.1. The third-order valence-corrected chi connectivity index (χ3v) is 4.43. The lowest BCUT2D eigenvalue weighted by molar-refractivity contribution is -0.142. The lowest BCUT2D eigenvalue weighted by Gasteiger charge is -2.12. The highest BCUT2D eigenvalue weighted by Crippen LogP contribution is 2.27. The molecule has 2 aromatic carbocycles. The molecule has 6 heteroatoms. The first-order valence-corrected chi connectivity index (χ1v) is 9.10. The molecule has 0 saturated carbocycles. The molecule has 138 valence electrons. The van der Waals surface area contributed by atoms with E-state index in [0.29, 0.717) is 5.69 Å². The van der Waals surface area contributed by atoms with Crippen LogP contribution < -0.4 is 5.32 Å². The first kappa shape index (κ1) is 20.3. The lowest BCUT2D eigenvalue weighted by atomic mass is 10.1. The summed E-state index contributed by atoms with van der Waals surface area (Å²) in [4.78, 5) is 24.7. The van der Waals surface area contributed by atoms with Crippen LogP contribution in [0, 0.1) is 31.4 Å². The molecule has 0 aliphatic carbocycles. The average Bonchev–Trinajstić information content (AvgIpc) is 2.62. The zero-order valence-electron chi connectivity index (χ0n) is 15.4. The molecule has 0 unspecified atom stereocenters. The van der Waals surface area contributed by atoms with Gasteiger partial charge in [-0.15, -0.1) is 0 Å². The Balaban J connectivity index is 1.92. The minimum atomic E-state index is -0.581. The average molecular weight is 380 g/mol. The summed E-state index contributed by atoms with van der Waals surface area (Å²) in [5, 5.41) is 13.5. The molecule has 0 heterocycles. The Morgan fingerprint density at radius 2 is 1.81 bits per heavy atom. The molecular formula is C21H20N2O3S. The highest BCUT2D eigenvalue weighted by molar-refractivity contribution is 8.03. The Morgan fingerprint density at radius 1 is 1.15 bits per heavy atom. The number of aryl methyl sites for hydroxylation is 3. The maximum absolute atomic E-state index is 12.1. The standard InChI is InChI=1S/C21H20N2O3S/c1-14-6-4-5-7-17(14)8-9-20(25)26-12-19(24)23-21-15(2)10-18(27-13-22)11-16(21)3/h4-11H,12H2,1-3H3,(H,23,24)/b9-8+. The van der Waals surface area contributed by atoms with E-state index >= 15 is 0 Å². The van der Waals surface area contributed by atoms with Gasteiger partial charge in [0, 0.05) is 16.7 Å². The molecule has 0 fully saturated rings. The highest BCUT2D eigenvalue weighted by atomic mass is 32.2. The molecule has 0 bridgehead atoms. The molecule has 1 N–H and O–H groups in total. The zero-order chi connectivity index (χ0) is 19.8. The normalized spacial score (nSPS) is 10.4. The van der Waals surface area contributed by atoms with Crippen LogP contribution in [0.5, 0.6) is 0 Å². The molecule has 0 aliphatic heterocycles. The van der Waals surface area contributed by atoms with Crippen LogP contribution >= 0.6 is 11.8 Å². The van der Waals surface area contributed by atoms with Crippen LogP contribution in [0.25, 0.3) is 6.08 Å². The largest absolute Gasteiger partial charge is 0.452 e. The number of thiocyanates is 1. The van der Waals surface area contributed by atoms with Gasteiger partial charge >= 0.3 is 5.97 Å². The first-order valence-electron chi connectivity index (χ1n) is 8.28. The molecule has 0 aromatic heterocycles. The van der Waals surface area contributed by atoms with Crippen LogP contribution in [0.1, 0.15) is 22.3 Å². The van der Waals surface area contributed by atoms with Gasteiger partial charge in [0.1, 0.15) is 5.40 Å². The van der Waals surface area contributed by atoms with Crippen molar-refractivity contribution in [1.82, 2.24) is 0 Å². The zero-order valence-corrected chi connectivity index (χ0v) is 16.2. The van der Waals surface area contributed by atoms with Crippen molar-refractivity contribution in [1.29, 1.82) is 5.26 Å². The number of esters is 1. The van der Waals surface area contributed by atoms with Crippen molar-refractivity contribution in [3.8, 4) is 5.40 Å². The van der Waals surface area contributed by atoms with E-state index in [9.17, 15) is 9.59 Å². The quantitative estimate of drug-likeness (QED) is 0.348. The van der Waals surface area contributed by atoms with Crippen molar-refractivity contribution in [3.63, 3.8) is 0 Å². The summed E-state index contributed by atoms with van der Waals surface area (Å²) in [5.74, 6) is -0.998. The molecule has 2 aromatic rings. The van der Waals surface area contributed by atoms with E-state index < -0.39 is 11.9 Å². The molecular weight excluding hydrogens is 360 g/mol. The van der Waals surface area contributed by atoms with Crippen molar-refractivity contribution in [3.05, 3.63) is 64.7 Å². The highest BCUT2D eigenvalue weighted by Gasteiger charge is 2.11. The molecule has 0 saturated heterocycles.